The van der Waals surface area contributed by atoms with Gasteiger partial charge in [0.1, 0.15) is 16.7 Å². The van der Waals surface area contributed by atoms with E-state index < -0.39 is 0 Å². The van der Waals surface area contributed by atoms with Crippen LogP contribution < -0.4 is 0 Å². The monoisotopic (exact) mass is 748 g/mol. The van der Waals surface area contributed by atoms with Crippen LogP contribution in [-0.4, -0.2) is 19.9 Å². The van der Waals surface area contributed by atoms with Gasteiger partial charge in [0.2, 0.25) is 5.89 Å². The predicted molar refractivity (Wildman–Crippen MR) is 232 cm³/mol. The highest BCUT2D eigenvalue weighted by molar-refractivity contribution is 7.26. The van der Waals surface area contributed by atoms with Gasteiger partial charge in [-0.15, -0.1) is 11.3 Å². The third-order valence-electron chi connectivity index (χ3n) is 10.8. The maximum Gasteiger partial charge on any atom is 0.227 e. The SMILES string of the molecule is c1ccc(-c2nc3c(ccc4oc5c6cc(-c7nc(-c8ccccc8-c8ccccc8)nc(-c8cccc9c8sc8ccccc89)n7)ccc6ccc5c43)o2)cc1. The lowest BCUT2D eigenvalue weighted by molar-refractivity contribution is 0.619. The molecule has 0 spiro atoms. The molecule has 8 aromatic carbocycles. The summed E-state index contributed by atoms with van der Waals surface area (Å²) in [5.74, 6) is 2.39. The first kappa shape index (κ1) is 31.8. The van der Waals surface area contributed by atoms with Crippen molar-refractivity contribution in [1.29, 1.82) is 0 Å². The van der Waals surface area contributed by atoms with Crippen LogP contribution in [0.3, 0.4) is 0 Å². The summed E-state index contributed by atoms with van der Waals surface area (Å²) in [4.78, 5) is 20.7. The van der Waals surface area contributed by atoms with Crippen molar-refractivity contribution in [2.45, 2.75) is 0 Å². The van der Waals surface area contributed by atoms with Crippen molar-refractivity contribution in [2.75, 3.05) is 0 Å². The molecule has 12 aromatic rings. The molecular formula is C50H28N4O2S. The van der Waals surface area contributed by atoms with E-state index in [1.54, 1.807) is 11.3 Å². The van der Waals surface area contributed by atoms with E-state index in [-0.39, 0.29) is 0 Å². The molecule has 0 aliphatic rings. The first-order valence-corrected chi connectivity index (χ1v) is 19.6. The van der Waals surface area contributed by atoms with Gasteiger partial charge in [-0.2, -0.15) is 0 Å². The Labute approximate surface area is 329 Å². The molecule has 4 aromatic heterocycles. The predicted octanol–water partition coefficient (Wildman–Crippen LogP) is 13.8. The minimum atomic E-state index is 0.581. The van der Waals surface area contributed by atoms with Crippen molar-refractivity contribution in [3.05, 3.63) is 170 Å². The van der Waals surface area contributed by atoms with Crippen molar-refractivity contribution in [1.82, 2.24) is 19.9 Å². The van der Waals surface area contributed by atoms with Crippen LogP contribution in [0.2, 0.25) is 0 Å². The normalized spacial score (nSPS) is 11.9. The summed E-state index contributed by atoms with van der Waals surface area (Å²) in [6.45, 7) is 0. The molecule has 4 heterocycles. The second-order valence-electron chi connectivity index (χ2n) is 14.1. The number of nitrogens with zero attached hydrogens (tertiary/aromatic N) is 4. The van der Waals surface area contributed by atoms with Crippen molar-refractivity contribution >= 4 is 75.3 Å². The molecule has 0 aliphatic heterocycles. The highest BCUT2D eigenvalue weighted by Crippen LogP contribution is 2.42. The Bertz CT molecular complexity index is 3530. The number of rotatable bonds is 5. The summed E-state index contributed by atoms with van der Waals surface area (Å²) in [5, 5.41) is 6.33. The van der Waals surface area contributed by atoms with Gasteiger partial charge in [0.15, 0.2) is 23.1 Å². The summed E-state index contributed by atoms with van der Waals surface area (Å²) >= 11 is 1.77. The first-order chi connectivity index (χ1) is 28.2. The van der Waals surface area contributed by atoms with E-state index in [9.17, 15) is 0 Å². The minimum absolute atomic E-state index is 0.581. The number of hydrogen-bond acceptors (Lipinski definition) is 7. The number of benzene rings is 8. The highest BCUT2D eigenvalue weighted by Gasteiger charge is 2.21. The van der Waals surface area contributed by atoms with Crippen LogP contribution in [0.25, 0.3) is 121 Å². The quantitative estimate of drug-likeness (QED) is 0.174. The van der Waals surface area contributed by atoms with Gasteiger partial charge < -0.3 is 8.83 Å². The molecule has 0 radical (unpaired) electrons. The number of aromatic nitrogens is 4. The van der Waals surface area contributed by atoms with Crippen LogP contribution in [0.1, 0.15) is 0 Å². The lowest BCUT2D eigenvalue weighted by Crippen LogP contribution is -2.01. The second-order valence-corrected chi connectivity index (χ2v) is 15.2. The first-order valence-electron chi connectivity index (χ1n) is 18.8. The number of fused-ring (bicyclic) bond motifs is 10. The number of oxazole rings is 1. The average molecular weight is 749 g/mol. The summed E-state index contributed by atoms with van der Waals surface area (Å²) in [5.41, 5.74) is 8.87. The maximum atomic E-state index is 6.67. The molecule has 0 unspecified atom stereocenters. The van der Waals surface area contributed by atoms with Gasteiger partial charge in [-0.3, -0.25) is 0 Å². The van der Waals surface area contributed by atoms with E-state index in [1.165, 1.54) is 15.5 Å². The fourth-order valence-corrected chi connectivity index (χ4v) is 9.30. The Morgan fingerprint density at radius 1 is 0.404 bits per heavy atom. The largest absolute Gasteiger partial charge is 0.455 e. The molecule has 57 heavy (non-hydrogen) atoms. The molecule has 0 atom stereocenters. The Kier molecular flexibility index (Phi) is 7.00. The van der Waals surface area contributed by atoms with Crippen LogP contribution in [0.15, 0.2) is 179 Å². The molecule has 0 amide bonds. The number of hydrogen-bond donors (Lipinski definition) is 0. The summed E-state index contributed by atoms with van der Waals surface area (Å²) in [6.07, 6.45) is 0. The molecule has 0 aliphatic carbocycles. The van der Waals surface area contributed by atoms with Gasteiger partial charge in [-0.25, -0.2) is 19.9 Å². The van der Waals surface area contributed by atoms with Crippen molar-refractivity contribution in [3.8, 4) is 56.7 Å². The molecule has 0 fully saturated rings. The lowest BCUT2D eigenvalue weighted by Gasteiger charge is -2.12. The fourth-order valence-electron chi connectivity index (χ4n) is 8.09. The van der Waals surface area contributed by atoms with Crippen LogP contribution in [-0.2, 0) is 0 Å². The Morgan fingerprint density at radius 2 is 1.07 bits per heavy atom. The molecule has 0 saturated heterocycles. The Balaban J connectivity index is 1.08. The van der Waals surface area contributed by atoms with Gasteiger partial charge in [0.05, 0.1) is 5.39 Å². The molecule has 0 N–H and O–H groups in total. The molecule has 7 heteroatoms. The fraction of sp³-hybridized carbons (Fsp3) is 0. The van der Waals surface area contributed by atoms with Gasteiger partial charge in [-0.05, 0) is 65.0 Å². The van der Waals surface area contributed by atoms with Crippen LogP contribution in [0, 0.1) is 0 Å². The van der Waals surface area contributed by atoms with Crippen molar-refractivity contribution in [2.24, 2.45) is 0 Å². The van der Waals surface area contributed by atoms with Crippen LogP contribution in [0.5, 0.6) is 0 Å². The average Bonchev–Trinajstić information content (AvgIpc) is 4.00. The standard InChI is InChI=1S/C50H28N4O2S/c1-3-12-29(13-4-1)33-16-7-8-18-36(33)48-52-47(53-49(54-48)38-20-11-19-35-34-17-9-10-21-42(34)57-46(35)38)32-23-22-30-24-25-37-43-40(55-45(37)39(30)28-32)26-27-41-44(43)51-50(56-41)31-14-5-2-6-15-31/h1-28H. The number of furan rings is 1. The van der Waals surface area contributed by atoms with Crippen LogP contribution in [0.4, 0.5) is 0 Å². The van der Waals surface area contributed by atoms with E-state index in [0.717, 1.165) is 76.3 Å². The third kappa shape index (κ3) is 5.10. The molecule has 266 valence electrons. The van der Waals surface area contributed by atoms with E-state index in [4.69, 9.17) is 28.8 Å². The smallest absolute Gasteiger partial charge is 0.227 e. The minimum Gasteiger partial charge on any atom is -0.455 e. The van der Waals surface area contributed by atoms with Gasteiger partial charge in [-0.1, -0.05) is 121 Å². The zero-order chi connectivity index (χ0) is 37.5. The zero-order valence-electron chi connectivity index (χ0n) is 30.2. The van der Waals surface area contributed by atoms with E-state index in [2.05, 4.69) is 115 Å². The third-order valence-corrected chi connectivity index (χ3v) is 12.0. The topological polar surface area (TPSA) is 77.8 Å². The summed E-state index contributed by atoms with van der Waals surface area (Å²) in [6, 6.07) is 58.1. The Hall–Kier alpha value is -7.48. The zero-order valence-corrected chi connectivity index (χ0v) is 31.0. The molecule has 6 nitrogen and oxygen atoms in total. The summed E-state index contributed by atoms with van der Waals surface area (Å²) in [7, 11) is 0. The van der Waals surface area contributed by atoms with E-state index in [0.29, 0.717) is 28.9 Å². The molecule has 0 bridgehead atoms. The van der Waals surface area contributed by atoms with E-state index >= 15 is 0 Å². The van der Waals surface area contributed by atoms with Crippen molar-refractivity contribution in [3.63, 3.8) is 0 Å². The van der Waals surface area contributed by atoms with Crippen molar-refractivity contribution < 1.29 is 8.83 Å². The molecular weight excluding hydrogens is 721 g/mol. The molecule has 12 rings (SSSR count). The van der Waals surface area contributed by atoms with E-state index in [1.807, 2.05) is 54.6 Å². The van der Waals surface area contributed by atoms with Gasteiger partial charge in [0, 0.05) is 53.2 Å². The second kappa shape index (κ2) is 12.5. The Morgan fingerprint density at radius 3 is 1.93 bits per heavy atom. The highest BCUT2D eigenvalue weighted by atomic mass is 32.1. The maximum absolute atomic E-state index is 6.67. The number of thiophene rings is 1. The lowest BCUT2D eigenvalue weighted by atomic mass is 9.99. The van der Waals surface area contributed by atoms with Gasteiger partial charge in [0.25, 0.3) is 0 Å². The summed E-state index contributed by atoms with van der Waals surface area (Å²) < 4.78 is 15.3. The van der Waals surface area contributed by atoms with Crippen LogP contribution >= 0.6 is 11.3 Å². The molecule has 0 saturated carbocycles. The van der Waals surface area contributed by atoms with Gasteiger partial charge >= 0.3 is 0 Å².